The summed E-state index contributed by atoms with van der Waals surface area (Å²) in [5.74, 6) is 1.12. The van der Waals surface area contributed by atoms with Crippen molar-refractivity contribution in [2.24, 2.45) is 0 Å². The molecule has 0 radical (unpaired) electrons. The predicted molar refractivity (Wildman–Crippen MR) is 79.7 cm³/mol. The maximum atomic E-state index is 12.0. The Morgan fingerprint density at radius 2 is 2.00 bits per heavy atom. The van der Waals surface area contributed by atoms with Crippen molar-refractivity contribution < 1.29 is 19.0 Å². The van der Waals surface area contributed by atoms with E-state index in [0.29, 0.717) is 18.4 Å². The molecule has 1 N–H and O–H groups in total. The summed E-state index contributed by atoms with van der Waals surface area (Å²) in [6, 6.07) is 7.78. The average molecular weight is 293 g/mol. The summed E-state index contributed by atoms with van der Waals surface area (Å²) >= 11 is 0. The van der Waals surface area contributed by atoms with E-state index in [1.807, 2.05) is 38.1 Å². The van der Waals surface area contributed by atoms with E-state index in [1.165, 1.54) is 7.11 Å². The molecule has 1 aromatic rings. The fraction of sp³-hybridized carbons (Fsp3) is 0.562. The Labute approximate surface area is 125 Å². The second-order valence-electron chi connectivity index (χ2n) is 5.44. The molecule has 116 valence electrons. The zero-order chi connectivity index (χ0) is 15.3. The number of esters is 1. The van der Waals surface area contributed by atoms with Crippen LogP contribution in [0.5, 0.6) is 11.5 Å². The Morgan fingerprint density at radius 1 is 1.33 bits per heavy atom. The molecule has 21 heavy (non-hydrogen) atoms. The van der Waals surface area contributed by atoms with E-state index in [2.05, 4.69) is 5.32 Å². The van der Waals surface area contributed by atoms with Crippen molar-refractivity contribution >= 4 is 5.97 Å². The first kappa shape index (κ1) is 15.6. The van der Waals surface area contributed by atoms with Crippen LogP contribution in [0.15, 0.2) is 24.3 Å². The van der Waals surface area contributed by atoms with Crippen LogP contribution in [0.2, 0.25) is 0 Å². The number of benzene rings is 1. The van der Waals surface area contributed by atoms with Crippen LogP contribution in [0, 0.1) is 0 Å². The Balaban J connectivity index is 2.00. The van der Waals surface area contributed by atoms with Gasteiger partial charge in [0.2, 0.25) is 0 Å². The quantitative estimate of drug-likeness (QED) is 0.744. The van der Waals surface area contributed by atoms with Crippen LogP contribution in [0.1, 0.15) is 26.7 Å². The molecule has 0 spiro atoms. The molecule has 1 atom stereocenters. The van der Waals surface area contributed by atoms with E-state index >= 15 is 0 Å². The van der Waals surface area contributed by atoms with Gasteiger partial charge in [-0.25, -0.2) is 4.79 Å². The molecule has 1 unspecified atom stereocenters. The third-order valence-corrected chi connectivity index (χ3v) is 3.38. The Hall–Kier alpha value is -1.75. The molecule has 1 aromatic carbocycles. The van der Waals surface area contributed by atoms with Gasteiger partial charge < -0.3 is 14.2 Å². The molecule has 0 aliphatic heterocycles. The topological polar surface area (TPSA) is 56.8 Å². The SMILES string of the molecule is CCOc1cccc(OCC(C)(NC2CC2)C(=O)OC)c1. The number of carbonyl (C=O) groups is 1. The summed E-state index contributed by atoms with van der Waals surface area (Å²) in [4.78, 5) is 12.0. The maximum Gasteiger partial charge on any atom is 0.329 e. The molecular weight excluding hydrogens is 270 g/mol. The van der Waals surface area contributed by atoms with E-state index in [-0.39, 0.29) is 12.6 Å². The van der Waals surface area contributed by atoms with Crippen LogP contribution in [-0.2, 0) is 9.53 Å². The van der Waals surface area contributed by atoms with Gasteiger partial charge in [0, 0.05) is 12.1 Å². The summed E-state index contributed by atoms with van der Waals surface area (Å²) in [5, 5.41) is 3.30. The first-order chi connectivity index (χ1) is 10.1. The van der Waals surface area contributed by atoms with E-state index in [1.54, 1.807) is 0 Å². The predicted octanol–water partition coefficient (Wildman–Crippen LogP) is 2.15. The summed E-state index contributed by atoms with van der Waals surface area (Å²) in [5.41, 5.74) is -0.836. The van der Waals surface area contributed by atoms with Crippen molar-refractivity contribution in [1.29, 1.82) is 0 Å². The van der Waals surface area contributed by atoms with E-state index in [0.717, 1.165) is 18.6 Å². The molecule has 1 aliphatic rings. The number of carbonyl (C=O) groups excluding carboxylic acids is 1. The summed E-state index contributed by atoms with van der Waals surface area (Å²) < 4.78 is 16.1. The average Bonchev–Trinajstić information content (AvgIpc) is 3.29. The normalized spacial score (nSPS) is 16.9. The number of rotatable bonds is 8. The third-order valence-electron chi connectivity index (χ3n) is 3.38. The molecule has 1 aliphatic carbocycles. The van der Waals surface area contributed by atoms with Gasteiger partial charge in [-0.05, 0) is 38.8 Å². The van der Waals surface area contributed by atoms with E-state index < -0.39 is 5.54 Å². The molecule has 1 saturated carbocycles. The highest BCUT2D eigenvalue weighted by molar-refractivity contribution is 5.80. The van der Waals surface area contributed by atoms with Crippen LogP contribution >= 0.6 is 0 Å². The highest BCUT2D eigenvalue weighted by Gasteiger charge is 2.40. The van der Waals surface area contributed by atoms with Crippen LogP contribution in [0.25, 0.3) is 0 Å². The van der Waals surface area contributed by atoms with E-state index in [4.69, 9.17) is 14.2 Å². The van der Waals surface area contributed by atoms with Crippen molar-refractivity contribution in [3.8, 4) is 11.5 Å². The van der Waals surface area contributed by atoms with Crippen molar-refractivity contribution in [2.45, 2.75) is 38.3 Å². The molecule has 0 amide bonds. The lowest BCUT2D eigenvalue weighted by molar-refractivity contribution is -0.149. The number of hydrogen-bond donors (Lipinski definition) is 1. The lowest BCUT2D eigenvalue weighted by Gasteiger charge is -2.28. The van der Waals surface area contributed by atoms with Gasteiger partial charge in [0.05, 0.1) is 13.7 Å². The minimum atomic E-state index is -0.836. The fourth-order valence-corrected chi connectivity index (χ4v) is 2.11. The molecule has 0 heterocycles. The monoisotopic (exact) mass is 293 g/mol. The van der Waals surface area contributed by atoms with Gasteiger partial charge in [0.1, 0.15) is 23.6 Å². The summed E-state index contributed by atoms with van der Waals surface area (Å²) in [6.45, 7) is 4.56. The Bertz CT molecular complexity index is 487. The van der Waals surface area contributed by atoms with Gasteiger partial charge in [-0.2, -0.15) is 0 Å². The maximum absolute atomic E-state index is 12.0. The smallest absolute Gasteiger partial charge is 0.329 e. The second-order valence-corrected chi connectivity index (χ2v) is 5.44. The minimum Gasteiger partial charge on any atom is -0.494 e. The number of ether oxygens (including phenoxy) is 3. The highest BCUT2D eigenvalue weighted by atomic mass is 16.5. The zero-order valence-electron chi connectivity index (χ0n) is 12.8. The van der Waals surface area contributed by atoms with Crippen LogP contribution in [0.4, 0.5) is 0 Å². The van der Waals surface area contributed by atoms with Crippen LogP contribution < -0.4 is 14.8 Å². The Morgan fingerprint density at radius 3 is 2.57 bits per heavy atom. The van der Waals surface area contributed by atoms with Crippen molar-refractivity contribution in [1.82, 2.24) is 5.32 Å². The number of hydrogen-bond acceptors (Lipinski definition) is 5. The largest absolute Gasteiger partial charge is 0.494 e. The van der Waals surface area contributed by atoms with Crippen molar-refractivity contribution in [3.63, 3.8) is 0 Å². The molecule has 5 nitrogen and oxygen atoms in total. The van der Waals surface area contributed by atoms with E-state index in [9.17, 15) is 4.79 Å². The highest BCUT2D eigenvalue weighted by Crippen LogP contribution is 2.25. The molecule has 0 aromatic heterocycles. The van der Waals surface area contributed by atoms with Crippen molar-refractivity contribution in [3.05, 3.63) is 24.3 Å². The van der Waals surface area contributed by atoms with Gasteiger partial charge in [-0.3, -0.25) is 5.32 Å². The first-order valence-electron chi connectivity index (χ1n) is 7.29. The molecule has 0 saturated heterocycles. The van der Waals surface area contributed by atoms with Gasteiger partial charge in [0.25, 0.3) is 0 Å². The Kier molecular flexibility index (Phi) is 5.07. The zero-order valence-corrected chi connectivity index (χ0v) is 12.8. The second kappa shape index (κ2) is 6.80. The third kappa shape index (κ3) is 4.36. The standard InChI is InChI=1S/C16H23NO4/c1-4-20-13-6-5-7-14(10-13)21-11-16(2,15(18)19-3)17-12-8-9-12/h5-7,10,12,17H,4,8-9,11H2,1-3H3. The molecule has 1 fully saturated rings. The number of methoxy groups -OCH3 is 1. The van der Waals surface area contributed by atoms with Gasteiger partial charge in [-0.1, -0.05) is 6.07 Å². The van der Waals surface area contributed by atoms with Gasteiger partial charge >= 0.3 is 5.97 Å². The number of nitrogens with one attached hydrogen (secondary N) is 1. The summed E-state index contributed by atoms with van der Waals surface area (Å²) in [6.07, 6.45) is 2.18. The molecule has 2 rings (SSSR count). The fourth-order valence-electron chi connectivity index (χ4n) is 2.11. The lowest BCUT2D eigenvalue weighted by Crippen LogP contribution is -2.55. The minimum absolute atomic E-state index is 0.214. The lowest BCUT2D eigenvalue weighted by atomic mass is 10.0. The van der Waals surface area contributed by atoms with Crippen LogP contribution in [-0.4, -0.2) is 37.9 Å². The van der Waals surface area contributed by atoms with Gasteiger partial charge in [0.15, 0.2) is 0 Å². The molecular formula is C16H23NO4. The van der Waals surface area contributed by atoms with Crippen molar-refractivity contribution in [2.75, 3.05) is 20.3 Å². The molecule has 5 heteroatoms. The summed E-state index contributed by atoms with van der Waals surface area (Å²) in [7, 11) is 1.39. The molecule has 0 bridgehead atoms. The first-order valence-corrected chi connectivity index (χ1v) is 7.29. The van der Waals surface area contributed by atoms with Crippen LogP contribution in [0.3, 0.4) is 0 Å². The van der Waals surface area contributed by atoms with Gasteiger partial charge in [-0.15, -0.1) is 0 Å².